The Balaban J connectivity index is 2.32. The van der Waals surface area contributed by atoms with E-state index in [0.29, 0.717) is 0 Å². The standard InChI is InChI=1S/C8H16N2/c1-3-5-10-6-4-9-7-8(10)2/h9H,2-7H2,1H3. The molecule has 0 aromatic rings. The van der Waals surface area contributed by atoms with Crippen molar-refractivity contribution in [2.24, 2.45) is 0 Å². The summed E-state index contributed by atoms with van der Waals surface area (Å²) in [5.41, 5.74) is 1.24. The molecule has 0 spiro atoms. The summed E-state index contributed by atoms with van der Waals surface area (Å²) in [6.45, 7) is 10.6. The first-order chi connectivity index (χ1) is 4.84. The van der Waals surface area contributed by atoms with E-state index in [-0.39, 0.29) is 0 Å². The van der Waals surface area contributed by atoms with Gasteiger partial charge in [-0.2, -0.15) is 0 Å². The largest absolute Gasteiger partial charge is 0.373 e. The normalized spacial score (nSPS) is 19.7. The van der Waals surface area contributed by atoms with E-state index in [4.69, 9.17) is 0 Å². The first kappa shape index (κ1) is 7.61. The summed E-state index contributed by atoms with van der Waals surface area (Å²) in [4.78, 5) is 2.36. The van der Waals surface area contributed by atoms with Crippen molar-refractivity contribution in [1.29, 1.82) is 0 Å². The van der Waals surface area contributed by atoms with E-state index in [1.807, 2.05) is 0 Å². The van der Waals surface area contributed by atoms with Crippen molar-refractivity contribution in [1.82, 2.24) is 10.2 Å². The highest BCUT2D eigenvalue weighted by molar-refractivity contribution is 4.99. The Kier molecular flexibility index (Phi) is 2.75. The van der Waals surface area contributed by atoms with Gasteiger partial charge in [0, 0.05) is 31.9 Å². The smallest absolute Gasteiger partial charge is 0.0350 e. The van der Waals surface area contributed by atoms with E-state index in [1.165, 1.54) is 18.7 Å². The molecule has 0 amide bonds. The summed E-state index contributed by atoms with van der Waals surface area (Å²) in [5.74, 6) is 0. The zero-order valence-electron chi connectivity index (χ0n) is 6.69. The molecule has 2 heteroatoms. The van der Waals surface area contributed by atoms with E-state index in [1.54, 1.807) is 0 Å². The van der Waals surface area contributed by atoms with Gasteiger partial charge in [-0.05, 0) is 6.42 Å². The van der Waals surface area contributed by atoms with Crippen molar-refractivity contribution in [2.45, 2.75) is 13.3 Å². The van der Waals surface area contributed by atoms with Crippen LogP contribution in [0.15, 0.2) is 12.3 Å². The molecule has 1 rings (SSSR count). The van der Waals surface area contributed by atoms with Crippen molar-refractivity contribution in [2.75, 3.05) is 26.2 Å². The van der Waals surface area contributed by atoms with Gasteiger partial charge in [-0.25, -0.2) is 0 Å². The quantitative estimate of drug-likeness (QED) is 0.610. The third-order valence-electron chi connectivity index (χ3n) is 1.83. The minimum Gasteiger partial charge on any atom is -0.373 e. The Labute approximate surface area is 62.9 Å². The molecule has 0 aromatic heterocycles. The van der Waals surface area contributed by atoms with Gasteiger partial charge in [-0.1, -0.05) is 13.5 Å². The molecular weight excluding hydrogens is 124 g/mol. The second-order valence-corrected chi connectivity index (χ2v) is 2.73. The Morgan fingerprint density at radius 3 is 3.10 bits per heavy atom. The zero-order valence-corrected chi connectivity index (χ0v) is 6.69. The highest BCUT2D eigenvalue weighted by Crippen LogP contribution is 2.04. The molecule has 0 atom stereocenters. The maximum atomic E-state index is 3.98. The van der Waals surface area contributed by atoms with Gasteiger partial charge in [0.15, 0.2) is 0 Å². The molecule has 0 unspecified atom stereocenters. The van der Waals surface area contributed by atoms with Gasteiger partial charge in [0.1, 0.15) is 0 Å². The maximum absolute atomic E-state index is 3.98. The lowest BCUT2D eigenvalue weighted by molar-refractivity contribution is 0.303. The average Bonchev–Trinajstić information content (AvgIpc) is 1.94. The minimum atomic E-state index is 0.972. The molecule has 1 N–H and O–H groups in total. The van der Waals surface area contributed by atoms with Crippen LogP contribution in [0.5, 0.6) is 0 Å². The summed E-state index contributed by atoms with van der Waals surface area (Å²) in [6.07, 6.45) is 1.22. The molecule has 1 heterocycles. The Hall–Kier alpha value is -0.500. The number of nitrogens with zero attached hydrogens (tertiary/aromatic N) is 1. The van der Waals surface area contributed by atoms with Crippen molar-refractivity contribution in [3.05, 3.63) is 12.3 Å². The number of nitrogens with one attached hydrogen (secondary N) is 1. The van der Waals surface area contributed by atoms with E-state index >= 15 is 0 Å². The predicted molar refractivity (Wildman–Crippen MR) is 43.9 cm³/mol. The molecule has 2 nitrogen and oxygen atoms in total. The number of hydrogen-bond acceptors (Lipinski definition) is 2. The van der Waals surface area contributed by atoms with E-state index < -0.39 is 0 Å². The van der Waals surface area contributed by atoms with Gasteiger partial charge in [0.25, 0.3) is 0 Å². The molecule has 0 aromatic carbocycles. The summed E-state index contributed by atoms with van der Waals surface area (Å²) < 4.78 is 0. The predicted octanol–water partition coefficient (Wildman–Crippen LogP) is 0.815. The molecule has 0 saturated carbocycles. The first-order valence-corrected chi connectivity index (χ1v) is 3.98. The fraction of sp³-hybridized carbons (Fsp3) is 0.750. The van der Waals surface area contributed by atoms with Crippen molar-refractivity contribution < 1.29 is 0 Å². The molecule has 0 aliphatic carbocycles. The van der Waals surface area contributed by atoms with Crippen molar-refractivity contribution in [3.63, 3.8) is 0 Å². The van der Waals surface area contributed by atoms with E-state index in [9.17, 15) is 0 Å². The molecular formula is C8H16N2. The molecule has 1 aliphatic rings. The zero-order chi connectivity index (χ0) is 7.40. The van der Waals surface area contributed by atoms with Gasteiger partial charge in [-0.15, -0.1) is 0 Å². The van der Waals surface area contributed by atoms with Crippen LogP contribution in [-0.4, -0.2) is 31.1 Å². The Morgan fingerprint density at radius 1 is 1.70 bits per heavy atom. The first-order valence-electron chi connectivity index (χ1n) is 3.98. The monoisotopic (exact) mass is 140 g/mol. The van der Waals surface area contributed by atoms with Crippen LogP contribution < -0.4 is 5.32 Å². The third-order valence-corrected chi connectivity index (χ3v) is 1.83. The fourth-order valence-corrected chi connectivity index (χ4v) is 1.26. The molecule has 1 fully saturated rings. The van der Waals surface area contributed by atoms with Crippen LogP contribution in [-0.2, 0) is 0 Å². The summed E-state index contributed by atoms with van der Waals surface area (Å²) >= 11 is 0. The Morgan fingerprint density at radius 2 is 2.50 bits per heavy atom. The lowest BCUT2D eigenvalue weighted by Gasteiger charge is -2.31. The van der Waals surface area contributed by atoms with Crippen LogP contribution in [0.3, 0.4) is 0 Å². The second-order valence-electron chi connectivity index (χ2n) is 2.73. The molecule has 58 valence electrons. The number of piperazine rings is 1. The van der Waals surface area contributed by atoms with Gasteiger partial charge < -0.3 is 10.2 Å². The molecule has 0 radical (unpaired) electrons. The lowest BCUT2D eigenvalue weighted by Crippen LogP contribution is -2.41. The highest BCUT2D eigenvalue weighted by atomic mass is 15.2. The maximum Gasteiger partial charge on any atom is 0.0350 e. The fourth-order valence-electron chi connectivity index (χ4n) is 1.26. The van der Waals surface area contributed by atoms with Crippen LogP contribution in [0.2, 0.25) is 0 Å². The average molecular weight is 140 g/mol. The molecule has 1 aliphatic heterocycles. The van der Waals surface area contributed by atoms with Crippen LogP contribution in [0.25, 0.3) is 0 Å². The topological polar surface area (TPSA) is 15.3 Å². The molecule has 1 saturated heterocycles. The number of rotatable bonds is 2. The minimum absolute atomic E-state index is 0.972. The SMILES string of the molecule is C=C1CNCCN1CCC. The summed E-state index contributed by atoms with van der Waals surface area (Å²) in [6, 6.07) is 0. The van der Waals surface area contributed by atoms with Gasteiger partial charge in [-0.3, -0.25) is 0 Å². The number of hydrogen-bond donors (Lipinski definition) is 1. The third kappa shape index (κ3) is 1.74. The van der Waals surface area contributed by atoms with Crippen LogP contribution in [0.1, 0.15) is 13.3 Å². The van der Waals surface area contributed by atoms with E-state index in [2.05, 4.69) is 23.7 Å². The van der Waals surface area contributed by atoms with Crippen LogP contribution >= 0.6 is 0 Å². The second kappa shape index (κ2) is 3.62. The Bertz CT molecular complexity index is 118. The van der Waals surface area contributed by atoms with Crippen molar-refractivity contribution in [3.8, 4) is 0 Å². The molecule has 0 bridgehead atoms. The molecule has 10 heavy (non-hydrogen) atoms. The van der Waals surface area contributed by atoms with E-state index in [0.717, 1.165) is 19.6 Å². The summed E-state index contributed by atoms with van der Waals surface area (Å²) in [7, 11) is 0. The summed E-state index contributed by atoms with van der Waals surface area (Å²) in [5, 5.41) is 3.28. The van der Waals surface area contributed by atoms with Gasteiger partial charge in [0.2, 0.25) is 0 Å². The van der Waals surface area contributed by atoms with Crippen molar-refractivity contribution >= 4 is 0 Å². The van der Waals surface area contributed by atoms with Gasteiger partial charge in [0.05, 0.1) is 0 Å². The highest BCUT2D eigenvalue weighted by Gasteiger charge is 2.09. The van der Waals surface area contributed by atoms with Crippen LogP contribution in [0, 0.1) is 0 Å². The van der Waals surface area contributed by atoms with Crippen LogP contribution in [0.4, 0.5) is 0 Å². The van der Waals surface area contributed by atoms with Gasteiger partial charge >= 0.3 is 0 Å². The lowest BCUT2D eigenvalue weighted by atomic mass is 10.3.